The molecule has 0 amide bonds. The molecule has 0 saturated carbocycles. The van der Waals surface area contributed by atoms with E-state index in [1.165, 1.54) is 95.7 Å². The number of hydrogen-bond acceptors (Lipinski definition) is 1. The van der Waals surface area contributed by atoms with Gasteiger partial charge < -0.3 is 9.13 Å². The third-order valence-corrected chi connectivity index (χ3v) is 19.4. The molecule has 13 aromatic rings. The highest BCUT2D eigenvalue weighted by Crippen LogP contribution is 2.42. The highest BCUT2D eigenvalue weighted by atomic mass is 32.1. The zero-order valence-electron chi connectivity index (χ0n) is 34.9. The normalized spacial score (nSPS) is 12.1. The van der Waals surface area contributed by atoms with Gasteiger partial charge >= 0.3 is 0 Å². The summed E-state index contributed by atoms with van der Waals surface area (Å²) in [7, 11) is -2.77. The van der Waals surface area contributed by atoms with Crippen molar-refractivity contribution in [1.29, 1.82) is 0 Å². The van der Waals surface area contributed by atoms with E-state index >= 15 is 0 Å². The van der Waals surface area contributed by atoms with Gasteiger partial charge in [-0.2, -0.15) is 0 Å². The Kier molecular flexibility index (Phi) is 8.45. The fraction of sp³-hybridized carbons (Fsp3) is 0. The van der Waals surface area contributed by atoms with Crippen molar-refractivity contribution in [3.05, 3.63) is 243 Å². The van der Waals surface area contributed by atoms with Gasteiger partial charge in [-0.1, -0.05) is 182 Å². The van der Waals surface area contributed by atoms with Gasteiger partial charge in [-0.25, -0.2) is 0 Å². The van der Waals surface area contributed by atoms with Crippen LogP contribution in [0.1, 0.15) is 0 Å². The van der Waals surface area contributed by atoms with Crippen LogP contribution in [0.2, 0.25) is 0 Å². The lowest BCUT2D eigenvalue weighted by atomic mass is 9.98. The predicted octanol–water partition coefficient (Wildman–Crippen LogP) is 13.3. The molecule has 13 rings (SSSR count). The summed E-state index contributed by atoms with van der Waals surface area (Å²) in [4.78, 5) is 0. The van der Waals surface area contributed by atoms with E-state index in [9.17, 15) is 0 Å². The Bertz CT molecular complexity index is 3800. The second-order valence-electron chi connectivity index (χ2n) is 16.8. The summed E-state index contributed by atoms with van der Waals surface area (Å²) in [5.41, 5.74) is 9.54. The second-order valence-corrected chi connectivity index (χ2v) is 21.7. The standard InChI is InChI=1S/C60H40N2SSi/c1-4-19-44(20-5-1)64(45-21-6-2-7-22-45,46-23-8-3-9-24-46)47-25-16-18-42(39-47)62-54-30-13-10-26-49(54)50-36-35-43(40-57(50)62)61-55-31-14-11-28-52(55)60-48(29-17-32-56(60)61)41-34-37-59-53(38-41)51-27-12-15-33-58(51)63-59/h1-40H. The van der Waals surface area contributed by atoms with Crippen LogP contribution >= 0.6 is 11.3 Å². The largest absolute Gasteiger partial charge is 0.309 e. The van der Waals surface area contributed by atoms with E-state index < -0.39 is 8.07 Å². The Morgan fingerprint density at radius 1 is 0.297 bits per heavy atom. The first-order valence-corrected chi connectivity index (χ1v) is 24.8. The minimum atomic E-state index is -2.77. The van der Waals surface area contributed by atoms with Crippen LogP contribution in [0.4, 0.5) is 0 Å². The van der Waals surface area contributed by atoms with Crippen LogP contribution < -0.4 is 20.7 Å². The Morgan fingerprint density at radius 2 is 0.812 bits per heavy atom. The van der Waals surface area contributed by atoms with Crippen LogP contribution in [0.5, 0.6) is 0 Å². The maximum Gasteiger partial charge on any atom is 0.179 e. The molecule has 4 heteroatoms. The van der Waals surface area contributed by atoms with E-state index in [1.54, 1.807) is 0 Å². The van der Waals surface area contributed by atoms with Gasteiger partial charge in [-0.05, 0) is 92.5 Å². The van der Waals surface area contributed by atoms with Crippen molar-refractivity contribution in [2.45, 2.75) is 0 Å². The molecule has 0 aliphatic heterocycles. The monoisotopic (exact) mass is 848 g/mol. The zero-order chi connectivity index (χ0) is 42.2. The quantitative estimate of drug-likeness (QED) is 0.112. The summed E-state index contributed by atoms with van der Waals surface area (Å²) in [5.74, 6) is 0. The lowest BCUT2D eigenvalue weighted by Crippen LogP contribution is -2.74. The van der Waals surface area contributed by atoms with Crippen molar-refractivity contribution >= 4 is 104 Å². The molecule has 0 fully saturated rings. The first-order chi connectivity index (χ1) is 31.8. The van der Waals surface area contributed by atoms with Gasteiger partial charge in [0.1, 0.15) is 0 Å². The Balaban J connectivity index is 1.04. The average molecular weight is 849 g/mol. The number of benzene rings is 10. The van der Waals surface area contributed by atoms with Crippen LogP contribution in [0.25, 0.3) is 86.3 Å². The molecular formula is C60H40N2SSi. The van der Waals surface area contributed by atoms with Crippen LogP contribution in [0, 0.1) is 0 Å². The lowest BCUT2D eigenvalue weighted by molar-refractivity contribution is 1.16. The number of rotatable bonds is 7. The van der Waals surface area contributed by atoms with Gasteiger partial charge in [0.25, 0.3) is 0 Å². The molecule has 0 aliphatic carbocycles. The first kappa shape index (κ1) is 36.9. The number of nitrogens with zero attached hydrogens (tertiary/aromatic N) is 2. The number of hydrogen-bond donors (Lipinski definition) is 0. The lowest BCUT2D eigenvalue weighted by Gasteiger charge is -2.34. The maximum atomic E-state index is 2.50. The predicted molar refractivity (Wildman–Crippen MR) is 277 cm³/mol. The number of aromatic nitrogens is 2. The van der Waals surface area contributed by atoms with Crippen LogP contribution in [-0.4, -0.2) is 17.2 Å². The fourth-order valence-corrected chi connectivity index (χ4v) is 16.6. The molecule has 0 N–H and O–H groups in total. The third-order valence-electron chi connectivity index (χ3n) is 13.5. The van der Waals surface area contributed by atoms with Crippen LogP contribution in [-0.2, 0) is 0 Å². The molecule has 0 radical (unpaired) electrons. The van der Waals surface area contributed by atoms with Crippen molar-refractivity contribution in [3.63, 3.8) is 0 Å². The number of fused-ring (bicyclic) bond motifs is 9. The number of thiophene rings is 1. The molecule has 0 saturated heterocycles. The summed E-state index contributed by atoms with van der Waals surface area (Å²) >= 11 is 1.87. The van der Waals surface area contributed by atoms with E-state index in [0.29, 0.717) is 0 Å². The van der Waals surface area contributed by atoms with Crippen LogP contribution in [0.3, 0.4) is 0 Å². The Hall–Kier alpha value is -7.76. The molecule has 3 aromatic heterocycles. The minimum Gasteiger partial charge on any atom is -0.309 e. The van der Waals surface area contributed by atoms with Crippen molar-refractivity contribution in [1.82, 2.24) is 9.13 Å². The topological polar surface area (TPSA) is 9.86 Å². The highest BCUT2D eigenvalue weighted by molar-refractivity contribution is 7.25. The SMILES string of the molecule is c1ccc([Si](c2ccccc2)(c2ccccc2)c2cccc(-n3c4ccccc4c4ccc(-n5c6ccccc6c6c(-c7ccc8sc9ccccc9c8c7)cccc65)cc43)c2)cc1. The van der Waals surface area contributed by atoms with Gasteiger partial charge in [0, 0.05) is 53.1 Å². The van der Waals surface area contributed by atoms with Gasteiger partial charge in [-0.15, -0.1) is 11.3 Å². The summed E-state index contributed by atoms with van der Waals surface area (Å²) in [6.07, 6.45) is 0. The highest BCUT2D eigenvalue weighted by Gasteiger charge is 2.41. The summed E-state index contributed by atoms with van der Waals surface area (Å²) in [6, 6.07) is 90.5. The van der Waals surface area contributed by atoms with E-state index in [1.807, 2.05) is 11.3 Å². The maximum absolute atomic E-state index is 2.77. The molecular weight excluding hydrogens is 809 g/mol. The van der Waals surface area contributed by atoms with Gasteiger partial charge in [0.05, 0.1) is 22.1 Å². The van der Waals surface area contributed by atoms with E-state index in [-0.39, 0.29) is 0 Å². The molecule has 3 heterocycles. The third kappa shape index (κ3) is 5.50. The van der Waals surface area contributed by atoms with Crippen molar-refractivity contribution in [3.8, 4) is 22.5 Å². The van der Waals surface area contributed by atoms with Crippen LogP contribution in [0.15, 0.2) is 243 Å². The zero-order valence-corrected chi connectivity index (χ0v) is 36.7. The first-order valence-electron chi connectivity index (χ1n) is 22.0. The second kappa shape index (κ2) is 14.7. The fourth-order valence-electron chi connectivity index (χ4n) is 10.8. The van der Waals surface area contributed by atoms with Gasteiger partial charge in [0.15, 0.2) is 8.07 Å². The van der Waals surface area contributed by atoms with E-state index in [0.717, 1.165) is 11.4 Å². The number of para-hydroxylation sites is 2. The van der Waals surface area contributed by atoms with E-state index in [4.69, 9.17) is 0 Å². The molecule has 0 aliphatic rings. The van der Waals surface area contributed by atoms with Gasteiger partial charge in [-0.3, -0.25) is 0 Å². The van der Waals surface area contributed by atoms with Crippen molar-refractivity contribution in [2.75, 3.05) is 0 Å². The molecule has 0 bridgehead atoms. The molecule has 0 spiro atoms. The molecule has 0 atom stereocenters. The van der Waals surface area contributed by atoms with Crippen molar-refractivity contribution < 1.29 is 0 Å². The van der Waals surface area contributed by atoms with E-state index in [2.05, 4.69) is 252 Å². The molecule has 300 valence electrons. The van der Waals surface area contributed by atoms with Crippen molar-refractivity contribution in [2.24, 2.45) is 0 Å². The summed E-state index contributed by atoms with van der Waals surface area (Å²) in [5, 5.41) is 13.1. The Morgan fingerprint density at radius 3 is 1.53 bits per heavy atom. The Labute approximate surface area is 376 Å². The molecule has 64 heavy (non-hydrogen) atoms. The smallest absolute Gasteiger partial charge is 0.179 e. The molecule has 0 unspecified atom stereocenters. The van der Waals surface area contributed by atoms with Gasteiger partial charge in [0.2, 0.25) is 0 Å². The summed E-state index contributed by atoms with van der Waals surface area (Å²) in [6.45, 7) is 0. The summed E-state index contributed by atoms with van der Waals surface area (Å²) < 4.78 is 7.62. The molecule has 2 nitrogen and oxygen atoms in total. The molecule has 10 aromatic carbocycles. The minimum absolute atomic E-state index is 1.14. The average Bonchev–Trinajstić information content (AvgIpc) is 4.03.